The number of ether oxygens (including phenoxy) is 2. The lowest BCUT2D eigenvalue weighted by Gasteiger charge is -2.50. The van der Waals surface area contributed by atoms with E-state index in [1.807, 2.05) is 0 Å². The zero-order valence-corrected chi connectivity index (χ0v) is 29.1. The molecule has 0 bridgehead atoms. The van der Waals surface area contributed by atoms with Crippen LogP contribution in [0, 0.1) is 83.1 Å². The third-order valence-electron chi connectivity index (χ3n) is 11.6. The number of benzene rings is 3. The molecule has 0 atom stereocenters. The van der Waals surface area contributed by atoms with Gasteiger partial charge in [0.25, 0.3) is 0 Å². The molecule has 2 aliphatic rings. The topological polar surface area (TPSA) is 24.9 Å². The van der Waals surface area contributed by atoms with Crippen molar-refractivity contribution in [2.75, 3.05) is 23.3 Å². The van der Waals surface area contributed by atoms with E-state index in [0.717, 1.165) is 11.5 Å². The zero-order chi connectivity index (χ0) is 31.4. The third-order valence-corrected chi connectivity index (χ3v) is 11.6. The monoisotopic (exact) mass is 568 g/mol. The van der Waals surface area contributed by atoms with Crippen LogP contribution in [0.15, 0.2) is 0 Å². The van der Waals surface area contributed by atoms with Gasteiger partial charge in [-0.05, 0) is 178 Å². The molecule has 3 aromatic rings. The highest BCUT2D eigenvalue weighted by Crippen LogP contribution is 2.52. The van der Waals surface area contributed by atoms with Crippen molar-refractivity contribution < 1.29 is 9.47 Å². The highest BCUT2D eigenvalue weighted by molar-refractivity contribution is 5.78. The second-order valence-corrected chi connectivity index (χ2v) is 14.1. The van der Waals surface area contributed by atoms with E-state index in [4.69, 9.17) is 9.47 Å². The van der Waals surface area contributed by atoms with E-state index in [2.05, 4.69) is 121 Å². The zero-order valence-electron chi connectivity index (χ0n) is 29.1. The number of anilines is 2. The molecule has 0 spiro atoms. The molecule has 0 N–H and O–H groups in total. The van der Waals surface area contributed by atoms with Crippen molar-refractivity contribution >= 4 is 11.4 Å². The summed E-state index contributed by atoms with van der Waals surface area (Å²) in [6, 6.07) is 0. The lowest BCUT2D eigenvalue weighted by Crippen LogP contribution is -2.50. The Balaban J connectivity index is 1.68. The smallest absolute Gasteiger partial charge is 0.162 e. The van der Waals surface area contributed by atoms with Gasteiger partial charge in [0.1, 0.15) is 11.5 Å². The summed E-state index contributed by atoms with van der Waals surface area (Å²) in [6.07, 6.45) is 0. The standard InChI is InChI=1S/C38H52N2O2/c1-19-21(3)29(11)35-31(23(19)5)37(13,14)39(17-41-35)33-25(7)27(9)34(28(10)26(33)8)40-18-42-36-30(12)22(4)20(2)24(6)32(36)38(40,15)16/h17-18H2,1-16H3. The van der Waals surface area contributed by atoms with Gasteiger partial charge in [-0.2, -0.15) is 0 Å². The molecule has 3 aromatic carbocycles. The molecule has 0 amide bonds. The van der Waals surface area contributed by atoms with Crippen LogP contribution in [0.1, 0.15) is 106 Å². The van der Waals surface area contributed by atoms with E-state index in [1.165, 1.54) is 89.3 Å². The number of hydrogen-bond acceptors (Lipinski definition) is 4. The molecule has 0 unspecified atom stereocenters. The average Bonchev–Trinajstić information content (AvgIpc) is 2.92. The van der Waals surface area contributed by atoms with Crippen LogP contribution in [0.3, 0.4) is 0 Å². The molecule has 4 nitrogen and oxygen atoms in total. The highest BCUT2D eigenvalue weighted by atomic mass is 16.5. The van der Waals surface area contributed by atoms with Gasteiger partial charge in [0, 0.05) is 22.5 Å². The van der Waals surface area contributed by atoms with Crippen molar-refractivity contribution in [3.05, 3.63) is 77.9 Å². The van der Waals surface area contributed by atoms with Gasteiger partial charge >= 0.3 is 0 Å². The van der Waals surface area contributed by atoms with Crippen LogP contribution in [-0.2, 0) is 11.1 Å². The quantitative estimate of drug-likeness (QED) is 0.307. The molecule has 0 fully saturated rings. The average molecular weight is 569 g/mol. The maximum Gasteiger partial charge on any atom is 0.162 e. The minimum atomic E-state index is -0.229. The van der Waals surface area contributed by atoms with Crippen molar-refractivity contribution in [2.24, 2.45) is 0 Å². The van der Waals surface area contributed by atoms with E-state index in [1.54, 1.807) is 0 Å². The van der Waals surface area contributed by atoms with Crippen molar-refractivity contribution in [1.29, 1.82) is 0 Å². The van der Waals surface area contributed by atoms with E-state index < -0.39 is 0 Å². The Kier molecular flexibility index (Phi) is 7.00. The minimum Gasteiger partial charge on any atom is -0.472 e. The van der Waals surface area contributed by atoms with E-state index in [0.29, 0.717) is 13.5 Å². The fourth-order valence-corrected chi connectivity index (χ4v) is 8.01. The molecule has 0 saturated carbocycles. The molecule has 2 heterocycles. The summed E-state index contributed by atoms with van der Waals surface area (Å²) in [5.74, 6) is 2.14. The van der Waals surface area contributed by atoms with E-state index >= 15 is 0 Å². The summed E-state index contributed by atoms with van der Waals surface area (Å²) in [5.41, 5.74) is 20.6. The second-order valence-electron chi connectivity index (χ2n) is 14.1. The third kappa shape index (κ3) is 3.86. The summed E-state index contributed by atoms with van der Waals surface area (Å²) in [6.45, 7) is 37.6. The van der Waals surface area contributed by atoms with Crippen molar-refractivity contribution in [3.63, 3.8) is 0 Å². The number of fused-ring (bicyclic) bond motifs is 2. The molecule has 4 heteroatoms. The molecule has 42 heavy (non-hydrogen) atoms. The second kappa shape index (κ2) is 9.69. The number of hydrogen-bond donors (Lipinski definition) is 0. The Morgan fingerprint density at radius 2 is 0.643 bits per heavy atom. The molecule has 0 aliphatic carbocycles. The van der Waals surface area contributed by atoms with Crippen LogP contribution >= 0.6 is 0 Å². The Labute approximate surface area is 255 Å². The van der Waals surface area contributed by atoms with Crippen molar-refractivity contribution in [2.45, 2.75) is 122 Å². The van der Waals surface area contributed by atoms with Crippen molar-refractivity contribution in [1.82, 2.24) is 0 Å². The Morgan fingerprint density at radius 1 is 0.381 bits per heavy atom. The maximum atomic E-state index is 6.62. The minimum absolute atomic E-state index is 0.229. The van der Waals surface area contributed by atoms with Gasteiger partial charge in [-0.25, -0.2) is 0 Å². The van der Waals surface area contributed by atoms with Gasteiger partial charge in [-0.3, -0.25) is 0 Å². The van der Waals surface area contributed by atoms with Gasteiger partial charge < -0.3 is 19.3 Å². The van der Waals surface area contributed by atoms with E-state index in [9.17, 15) is 0 Å². The largest absolute Gasteiger partial charge is 0.472 e. The van der Waals surface area contributed by atoms with Crippen LogP contribution in [0.5, 0.6) is 11.5 Å². The Bertz CT molecular complexity index is 1510. The molecule has 0 saturated heterocycles. The lowest BCUT2D eigenvalue weighted by molar-refractivity contribution is 0.231. The van der Waals surface area contributed by atoms with Crippen LogP contribution in [0.25, 0.3) is 0 Å². The van der Waals surface area contributed by atoms with Crippen molar-refractivity contribution in [3.8, 4) is 11.5 Å². The molecular formula is C38H52N2O2. The highest BCUT2D eigenvalue weighted by Gasteiger charge is 2.43. The first-order valence-electron chi connectivity index (χ1n) is 15.5. The van der Waals surface area contributed by atoms with Gasteiger partial charge in [0.2, 0.25) is 0 Å². The maximum absolute atomic E-state index is 6.62. The van der Waals surface area contributed by atoms with Crippen LogP contribution < -0.4 is 19.3 Å². The fraction of sp³-hybridized carbons (Fsp3) is 0.526. The van der Waals surface area contributed by atoms with E-state index in [-0.39, 0.29) is 11.1 Å². The SMILES string of the molecule is Cc1c(C)c(C)c2c(c1C)OCN(c1c(C)c(C)c(N3COc4c(C)c(C)c(C)c(C)c4C3(C)C)c(C)c1C)C2(C)C. The van der Waals surface area contributed by atoms with Crippen LogP contribution in [-0.4, -0.2) is 13.5 Å². The Morgan fingerprint density at radius 3 is 0.929 bits per heavy atom. The Hall–Kier alpha value is -3.14. The molecule has 2 aliphatic heterocycles. The van der Waals surface area contributed by atoms with Crippen LogP contribution in [0.4, 0.5) is 11.4 Å². The first-order valence-corrected chi connectivity index (χ1v) is 15.5. The molecule has 0 radical (unpaired) electrons. The summed E-state index contributed by atoms with van der Waals surface area (Å²) in [5, 5.41) is 0. The summed E-state index contributed by atoms with van der Waals surface area (Å²) < 4.78 is 13.2. The summed E-state index contributed by atoms with van der Waals surface area (Å²) >= 11 is 0. The molecule has 5 rings (SSSR count). The first-order chi connectivity index (χ1) is 19.4. The first kappa shape index (κ1) is 30.3. The molecule has 0 aromatic heterocycles. The predicted octanol–water partition coefficient (Wildman–Crippen LogP) is 9.57. The van der Waals surface area contributed by atoms with Gasteiger partial charge in [-0.1, -0.05) is 0 Å². The summed E-state index contributed by atoms with van der Waals surface area (Å²) in [7, 11) is 0. The molecular weight excluding hydrogens is 516 g/mol. The van der Waals surface area contributed by atoms with Gasteiger partial charge in [0.15, 0.2) is 13.5 Å². The normalized spacial score (nSPS) is 17.0. The lowest BCUT2D eigenvalue weighted by atomic mass is 9.80. The predicted molar refractivity (Wildman–Crippen MR) is 178 cm³/mol. The fourth-order valence-electron chi connectivity index (χ4n) is 8.01. The number of nitrogens with zero attached hydrogens (tertiary/aromatic N) is 2. The molecule has 226 valence electrons. The van der Waals surface area contributed by atoms with Crippen LogP contribution in [0.2, 0.25) is 0 Å². The number of rotatable bonds is 2. The van der Waals surface area contributed by atoms with Gasteiger partial charge in [0.05, 0.1) is 11.1 Å². The van der Waals surface area contributed by atoms with Gasteiger partial charge in [-0.15, -0.1) is 0 Å². The summed E-state index contributed by atoms with van der Waals surface area (Å²) in [4.78, 5) is 5.00.